The lowest BCUT2D eigenvalue weighted by Gasteiger charge is -2.44. The van der Waals surface area contributed by atoms with Crippen molar-refractivity contribution < 1.29 is 19.1 Å². The Bertz CT molecular complexity index is 2450. The number of barbiturate groups is 1. The highest BCUT2D eigenvalue weighted by molar-refractivity contribution is 6.39. The fourth-order valence-electron chi connectivity index (χ4n) is 8.61. The van der Waals surface area contributed by atoms with Gasteiger partial charge in [0.1, 0.15) is 17.9 Å². The van der Waals surface area contributed by atoms with E-state index < -0.39 is 17.8 Å². The molecule has 0 bridgehead atoms. The number of anilines is 2. The van der Waals surface area contributed by atoms with Crippen molar-refractivity contribution >= 4 is 46.1 Å². The van der Waals surface area contributed by atoms with E-state index in [4.69, 9.17) is 4.74 Å². The summed E-state index contributed by atoms with van der Waals surface area (Å²) in [5.41, 5.74) is 10.0. The van der Waals surface area contributed by atoms with Crippen LogP contribution in [0.2, 0.25) is 0 Å². The third kappa shape index (κ3) is 6.25. The zero-order chi connectivity index (χ0) is 37.6. The lowest BCUT2D eigenvalue weighted by molar-refractivity contribution is -0.122. The van der Waals surface area contributed by atoms with E-state index in [0.717, 1.165) is 58.3 Å². The lowest BCUT2D eigenvalue weighted by atomic mass is 9.76. The molecule has 55 heavy (non-hydrogen) atoms. The molecular formula is C48H41N3O4. The summed E-state index contributed by atoms with van der Waals surface area (Å²) in [7, 11) is 0. The summed E-state index contributed by atoms with van der Waals surface area (Å²) in [6, 6.07) is 42.0. The van der Waals surface area contributed by atoms with Crippen LogP contribution in [0.15, 0.2) is 133 Å². The molecule has 0 spiro atoms. The number of carbonyl (C=O) groups is 3. The minimum Gasteiger partial charge on any atom is -0.488 e. The normalized spacial score (nSPS) is 18.7. The molecule has 7 nitrogen and oxygen atoms in total. The average molecular weight is 724 g/mol. The van der Waals surface area contributed by atoms with E-state index in [1.54, 1.807) is 6.08 Å². The molecule has 6 aromatic carbocycles. The fraction of sp³-hybridized carbons (Fsp3) is 0.188. The number of benzene rings is 6. The van der Waals surface area contributed by atoms with Gasteiger partial charge in [0, 0.05) is 36.2 Å². The topological polar surface area (TPSA) is 79.0 Å². The van der Waals surface area contributed by atoms with E-state index in [0.29, 0.717) is 23.6 Å². The summed E-state index contributed by atoms with van der Waals surface area (Å²) in [6.07, 6.45) is 3.40. The summed E-state index contributed by atoms with van der Waals surface area (Å²) in [6.45, 7) is 6.29. The van der Waals surface area contributed by atoms with Gasteiger partial charge in [-0.1, -0.05) is 109 Å². The first-order chi connectivity index (χ1) is 26.8. The molecule has 1 saturated heterocycles. The van der Waals surface area contributed by atoms with Crippen LogP contribution in [0, 0.1) is 13.8 Å². The SMILES string of the molecule is Cc1ccc(COc2ccc3ccccc3c2/C=C2\C(=O)NC(=O)N(c3cc4c5c(c3)[C@@H](c3ccccc3)CCN5CC[C@@H]4c3ccccc3)C2=O)cc1C. The molecule has 3 aliphatic heterocycles. The Labute approximate surface area is 320 Å². The molecule has 2 atom stereocenters. The molecule has 272 valence electrons. The second-order valence-electron chi connectivity index (χ2n) is 14.8. The molecule has 6 aromatic rings. The largest absolute Gasteiger partial charge is 0.488 e. The maximum Gasteiger partial charge on any atom is 0.335 e. The Morgan fingerprint density at radius 1 is 0.709 bits per heavy atom. The van der Waals surface area contributed by atoms with Gasteiger partial charge in [-0.2, -0.15) is 0 Å². The van der Waals surface area contributed by atoms with Crippen molar-refractivity contribution in [2.24, 2.45) is 0 Å². The summed E-state index contributed by atoms with van der Waals surface area (Å²) >= 11 is 0. The minimum absolute atomic E-state index is 0.0768. The molecule has 0 aliphatic carbocycles. The van der Waals surface area contributed by atoms with Crippen molar-refractivity contribution in [3.05, 3.63) is 177 Å². The van der Waals surface area contributed by atoms with Crippen LogP contribution in [0.3, 0.4) is 0 Å². The van der Waals surface area contributed by atoms with E-state index in [1.165, 1.54) is 27.9 Å². The Morgan fingerprint density at radius 2 is 1.35 bits per heavy atom. The highest BCUT2D eigenvalue weighted by Gasteiger charge is 2.41. The predicted octanol–water partition coefficient (Wildman–Crippen LogP) is 9.58. The number of imide groups is 2. The molecule has 4 amide bonds. The first-order valence-corrected chi connectivity index (χ1v) is 19.0. The zero-order valence-corrected chi connectivity index (χ0v) is 30.9. The first-order valence-electron chi connectivity index (χ1n) is 19.0. The smallest absolute Gasteiger partial charge is 0.335 e. The summed E-state index contributed by atoms with van der Waals surface area (Å²) < 4.78 is 6.41. The summed E-state index contributed by atoms with van der Waals surface area (Å²) in [5, 5.41) is 4.26. The average Bonchev–Trinajstić information content (AvgIpc) is 3.21. The van der Waals surface area contributed by atoms with Gasteiger partial charge >= 0.3 is 6.03 Å². The maximum atomic E-state index is 14.7. The Balaban J connectivity index is 1.16. The fourth-order valence-corrected chi connectivity index (χ4v) is 8.61. The van der Waals surface area contributed by atoms with Crippen LogP contribution in [-0.2, 0) is 16.2 Å². The van der Waals surface area contributed by atoms with Gasteiger partial charge in [-0.15, -0.1) is 0 Å². The zero-order valence-electron chi connectivity index (χ0n) is 30.9. The monoisotopic (exact) mass is 723 g/mol. The van der Waals surface area contributed by atoms with Crippen LogP contribution >= 0.6 is 0 Å². The van der Waals surface area contributed by atoms with Gasteiger partial charge in [-0.05, 0) is 101 Å². The molecule has 3 aliphatic rings. The number of fused-ring (bicyclic) bond motifs is 1. The third-order valence-corrected chi connectivity index (χ3v) is 11.5. The first kappa shape index (κ1) is 34.3. The van der Waals surface area contributed by atoms with Crippen LogP contribution < -0.4 is 19.9 Å². The molecule has 0 radical (unpaired) electrons. The second-order valence-corrected chi connectivity index (χ2v) is 14.8. The van der Waals surface area contributed by atoms with Crippen molar-refractivity contribution in [1.82, 2.24) is 5.32 Å². The van der Waals surface area contributed by atoms with Crippen LogP contribution in [0.1, 0.15) is 69.2 Å². The molecule has 0 saturated carbocycles. The standard InChI is InChI=1S/C48H41N3O4/c1-30-17-18-32(25-31(30)2)29-55-44-20-19-35-15-9-10-16-37(35)40(44)28-43-46(52)49-48(54)51(47(43)53)36-26-41-38(33-11-5-3-6-12-33)21-23-50-24-22-39(42(27-36)45(41)50)34-13-7-4-8-14-34/h3-20,25-28,38-39H,21-24,29H2,1-2H3,(H,49,52,54)/b43-28+/t38-,39-/m1/s1. The van der Waals surface area contributed by atoms with Gasteiger partial charge in [0.05, 0.1) is 5.69 Å². The quantitative estimate of drug-likeness (QED) is 0.131. The van der Waals surface area contributed by atoms with Gasteiger partial charge in [-0.25, -0.2) is 9.69 Å². The molecular weight excluding hydrogens is 683 g/mol. The molecule has 0 unspecified atom stereocenters. The molecule has 7 heteroatoms. The number of aryl methyl sites for hydroxylation is 2. The third-order valence-electron chi connectivity index (χ3n) is 11.5. The van der Waals surface area contributed by atoms with Crippen molar-refractivity contribution in [2.45, 2.75) is 45.1 Å². The summed E-state index contributed by atoms with van der Waals surface area (Å²) in [4.78, 5) is 45.9. The van der Waals surface area contributed by atoms with Gasteiger partial charge < -0.3 is 9.64 Å². The van der Waals surface area contributed by atoms with E-state index >= 15 is 0 Å². The second kappa shape index (κ2) is 14.1. The summed E-state index contributed by atoms with van der Waals surface area (Å²) in [5.74, 6) is -0.733. The Morgan fingerprint density at radius 3 is 2.00 bits per heavy atom. The van der Waals surface area contributed by atoms with Crippen LogP contribution in [0.25, 0.3) is 16.8 Å². The number of urea groups is 1. The van der Waals surface area contributed by atoms with Gasteiger partial charge in [-0.3, -0.25) is 14.9 Å². The van der Waals surface area contributed by atoms with E-state index in [9.17, 15) is 14.4 Å². The highest BCUT2D eigenvalue weighted by Crippen LogP contribution is 2.50. The maximum absolute atomic E-state index is 14.7. The number of amides is 4. The van der Waals surface area contributed by atoms with E-state index in [2.05, 4.69) is 84.7 Å². The van der Waals surface area contributed by atoms with Crippen LogP contribution in [0.4, 0.5) is 16.2 Å². The van der Waals surface area contributed by atoms with Crippen molar-refractivity contribution in [3.63, 3.8) is 0 Å². The number of hydrogen-bond acceptors (Lipinski definition) is 5. The van der Waals surface area contributed by atoms with Crippen molar-refractivity contribution in [1.29, 1.82) is 0 Å². The number of ether oxygens (including phenoxy) is 1. The number of nitrogens with zero attached hydrogens (tertiary/aromatic N) is 2. The van der Waals surface area contributed by atoms with Crippen LogP contribution in [-0.4, -0.2) is 30.9 Å². The Kier molecular flexibility index (Phi) is 8.77. The minimum atomic E-state index is -0.764. The highest BCUT2D eigenvalue weighted by atomic mass is 16.5. The number of nitrogens with one attached hydrogen (secondary N) is 1. The predicted molar refractivity (Wildman–Crippen MR) is 218 cm³/mol. The van der Waals surface area contributed by atoms with E-state index in [-0.39, 0.29) is 17.4 Å². The lowest BCUT2D eigenvalue weighted by Crippen LogP contribution is -2.54. The number of rotatable bonds is 7. The molecule has 9 rings (SSSR count). The molecule has 1 N–H and O–H groups in total. The van der Waals surface area contributed by atoms with Crippen molar-refractivity contribution in [3.8, 4) is 5.75 Å². The van der Waals surface area contributed by atoms with Gasteiger partial charge in [0.2, 0.25) is 0 Å². The van der Waals surface area contributed by atoms with Gasteiger partial charge in [0.25, 0.3) is 11.8 Å². The van der Waals surface area contributed by atoms with Gasteiger partial charge in [0.15, 0.2) is 0 Å². The van der Waals surface area contributed by atoms with Crippen LogP contribution in [0.5, 0.6) is 5.75 Å². The van der Waals surface area contributed by atoms with E-state index in [1.807, 2.05) is 66.7 Å². The Hall–Kier alpha value is -6.47. The molecule has 1 fully saturated rings. The number of carbonyl (C=O) groups excluding carboxylic acids is 3. The molecule has 0 aromatic heterocycles. The van der Waals surface area contributed by atoms with Crippen molar-refractivity contribution in [2.75, 3.05) is 22.9 Å². The molecule has 3 heterocycles. The number of hydrogen-bond donors (Lipinski definition) is 1.